The highest BCUT2D eigenvalue weighted by atomic mass is 35.5. The fourth-order valence-electron chi connectivity index (χ4n) is 2.70. The first-order valence-corrected chi connectivity index (χ1v) is 8.23. The van der Waals surface area contributed by atoms with Gasteiger partial charge in [-0.1, -0.05) is 35.9 Å². The molecule has 1 aromatic heterocycles. The van der Waals surface area contributed by atoms with E-state index < -0.39 is 0 Å². The van der Waals surface area contributed by atoms with Gasteiger partial charge in [0.2, 0.25) is 0 Å². The quantitative estimate of drug-likeness (QED) is 0.770. The van der Waals surface area contributed by atoms with Crippen LogP contribution in [0.15, 0.2) is 54.6 Å². The summed E-state index contributed by atoms with van der Waals surface area (Å²) in [6, 6.07) is 17.4. The molecule has 1 heterocycles. The van der Waals surface area contributed by atoms with Crippen LogP contribution in [0.5, 0.6) is 0 Å². The Morgan fingerprint density at radius 3 is 2.67 bits per heavy atom. The summed E-state index contributed by atoms with van der Waals surface area (Å²) in [5.41, 5.74) is 2.47. The molecular weight excluding hydrogens is 322 g/mol. The molecule has 5 heteroatoms. The predicted molar refractivity (Wildman–Crippen MR) is 99.2 cm³/mol. The molecule has 0 spiro atoms. The lowest BCUT2D eigenvalue weighted by Gasteiger charge is -2.13. The molecule has 124 valence electrons. The number of halogens is 1. The van der Waals surface area contributed by atoms with Gasteiger partial charge in [0.15, 0.2) is 0 Å². The molecule has 0 fully saturated rings. The number of hydrogen-bond acceptors (Lipinski definition) is 2. The molecule has 0 bridgehead atoms. The summed E-state index contributed by atoms with van der Waals surface area (Å²) in [5.74, 6) is -0.0898. The largest absolute Gasteiger partial charge is 0.349 e. The number of benzene rings is 2. The Balaban J connectivity index is 2.04. The van der Waals surface area contributed by atoms with Crippen molar-refractivity contribution in [3.05, 3.63) is 65.3 Å². The highest BCUT2D eigenvalue weighted by Crippen LogP contribution is 2.26. The van der Waals surface area contributed by atoms with Crippen LogP contribution >= 0.6 is 11.6 Å². The fourth-order valence-corrected chi connectivity index (χ4v) is 2.88. The van der Waals surface area contributed by atoms with Gasteiger partial charge in [-0.05, 0) is 44.4 Å². The van der Waals surface area contributed by atoms with Gasteiger partial charge in [0, 0.05) is 29.2 Å². The van der Waals surface area contributed by atoms with Gasteiger partial charge in [0.05, 0.1) is 5.52 Å². The standard InChI is InChI=1S/C19H20ClN3O/c1-22(2)11-10-21-19(24)18-12-14-6-3-4-9-17(14)23(18)16-8-5-7-15(20)13-16/h3-9,12-13H,10-11H2,1-2H3,(H,21,24). The Bertz CT molecular complexity index is 870. The molecule has 2 aromatic carbocycles. The molecule has 1 N–H and O–H groups in total. The summed E-state index contributed by atoms with van der Waals surface area (Å²) in [6.45, 7) is 1.39. The zero-order chi connectivity index (χ0) is 17.1. The van der Waals surface area contributed by atoms with Gasteiger partial charge >= 0.3 is 0 Å². The van der Waals surface area contributed by atoms with Crippen molar-refractivity contribution in [2.24, 2.45) is 0 Å². The molecule has 4 nitrogen and oxygen atoms in total. The highest BCUT2D eigenvalue weighted by Gasteiger charge is 2.16. The average Bonchev–Trinajstić information content (AvgIpc) is 2.94. The van der Waals surface area contributed by atoms with E-state index in [4.69, 9.17) is 11.6 Å². The van der Waals surface area contributed by atoms with Crippen molar-refractivity contribution < 1.29 is 4.79 Å². The van der Waals surface area contributed by atoms with E-state index >= 15 is 0 Å². The highest BCUT2D eigenvalue weighted by molar-refractivity contribution is 6.30. The number of nitrogens with zero attached hydrogens (tertiary/aromatic N) is 2. The number of nitrogens with one attached hydrogen (secondary N) is 1. The second-order valence-corrected chi connectivity index (χ2v) is 6.40. The van der Waals surface area contributed by atoms with E-state index in [1.54, 1.807) is 0 Å². The topological polar surface area (TPSA) is 37.3 Å². The Morgan fingerprint density at radius 2 is 1.92 bits per heavy atom. The van der Waals surface area contributed by atoms with Crippen LogP contribution in [-0.4, -0.2) is 42.6 Å². The number of fused-ring (bicyclic) bond motifs is 1. The van der Waals surface area contributed by atoms with Gasteiger partial charge in [-0.25, -0.2) is 0 Å². The van der Waals surface area contributed by atoms with Gasteiger partial charge in [-0.15, -0.1) is 0 Å². The molecule has 0 aliphatic carbocycles. The second-order valence-electron chi connectivity index (χ2n) is 5.96. The molecule has 0 aliphatic heterocycles. The number of carbonyl (C=O) groups is 1. The van der Waals surface area contributed by atoms with Crippen LogP contribution in [0.4, 0.5) is 0 Å². The molecule has 0 aliphatic rings. The summed E-state index contributed by atoms with van der Waals surface area (Å²) in [5, 5.41) is 4.65. The lowest BCUT2D eigenvalue weighted by Crippen LogP contribution is -2.32. The molecule has 0 saturated carbocycles. The van der Waals surface area contributed by atoms with Crippen molar-refractivity contribution in [2.45, 2.75) is 0 Å². The van der Waals surface area contributed by atoms with Gasteiger partial charge in [-0.2, -0.15) is 0 Å². The Kier molecular flexibility index (Phi) is 4.88. The first-order valence-electron chi connectivity index (χ1n) is 7.85. The minimum absolute atomic E-state index is 0.0898. The number of para-hydroxylation sites is 1. The van der Waals surface area contributed by atoms with Crippen LogP contribution in [0.25, 0.3) is 16.6 Å². The third-order valence-corrected chi connectivity index (χ3v) is 4.09. The van der Waals surface area contributed by atoms with Crippen LogP contribution < -0.4 is 5.32 Å². The molecule has 1 amide bonds. The first kappa shape index (κ1) is 16.6. The van der Waals surface area contributed by atoms with Crippen molar-refractivity contribution in [3.63, 3.8) is 0 Å². The number of hydrogen-bond donors (Lipinski definition) is 1. The lowest BCUT2D eigenvalue weighted by atomic mass is 10.2. The predicted octanol–water partition coefficient (Wildman–Crippen LogP) is 3.58. The third-order valence-electron chi connectivity index (χ3n) is 3.85. The van der Waals surface area contributed by atoms with Crippen molar-refractivity contribution in [3.8, 4) is 5.69 Å². The van der Waals surface area contributed by atoms with E-state index in [9.17, 15) is 4.79 Å². The van der Waals surface area contributed by atoms with E-state index in [1.807, 2.05) is 78.2 Å². The van der Waals surface area contributed by atoms with E-state index in [1.165, 1.54) is 0 Å². The van der Waals surface area contributed by atoms with Gasteiger partial charge in [-0.3, -0.25) is 4.79 Å². The number of carbonyl (C=O) groups excluding carboxylic acids is 1. The van der Waals surface area contributed by atoms with Crippen molar-refractivity contribution in [1.29, 1.82) is 0 Å². The third kappa shape index (κ3) is 3.45. The van der Waals surface area contributed by atoms with E-state index in [2.05, 4.69) is 5.32 Å². The SMILES string of the molecule is CN(C)CCNC(=O)c1cc2ccccc2n1-c1cccc(Cl)c1. The number of amides is 1. The fraction of sp³-hybridized carbons (Fsp3) is 0.211. The number of likely N-dealkylation sites (N-methyl/N-ethyl adjacent to an activating group) is 1. The molecule has 0 atom stereocenters. The molecule has 3 rings (SSSR count). The van der Waals surface area contributed by atoms with Crippen LogP contribution in [0.3, 0.4) is 0 Å². The van der Waals surface area contributed by atoms with Crippen LogP contribution in [0.1, 0.15) is 10.5 Å². The van der Waals surface area contributed by atoms with Crippen molar-refractivity contribution in [1.82, 2.24) is 14.8 Å². The summed E-state index contributed by atoms with van der Waals surface area (Å²) in [7, 11) is 3.96. The van der Waals surface area contributed by atoms with Crippen molar-refractivity contribution >= 4 is 28.4 Å². The molecule has 0 unspecified atom stereocenters. The van der Waals surface area contributed by atoms with Crippen LogP contribution in [-0.2, 0) is 0 Å². The summed E-state index contributed by atoms with van der Waals surface area (Å²) >= 11 is 6.14. The van der Waals surface area contributed by atoms with E-state index in [-0.39, 0.29) is 5.91 Å². The molecular formula is C19H20ClN3O. The molecule has 0 radical (unpaired) electrons. The first-order chi connectivity index (χ1) is 11.6. The minimum atomic E-state index is -0.0898. The van der Waals surface area contributed by atoms with E-state index in [0.717, 1.165) is 23.1 Å². The number of rotatable bonds is 5. The Labute approximate surface area is 146 Å². The lowest BCUT2D eigenvalue weighted by molar-refractivity contribution is 0.0944. The maximum atomic E-state index is 12.7. The summed E-state index contributed by atoms with van der Waals surface area (Å²) in [6.07, 6.45) is 0. The zero-order valence-corrected chi connectivity index (χ0v) is 14.5. The average molecular weight is 342 g/mol. The summed E-state index contributed by atoms with van der Waals surface area (Å²) in [4.78, 5) is 14.7. The smallest absolute Gasteiger partial charge is 0.268 e. The second kappa shape index (κ2) is 7.07. The van der Waals surface area contributed by atoms with Crippen LogP contribution in [0.2, 0.25) is 5.02 Å². The van der Waals surface area contributed by atoms with E-state index in [0.29, 0.717) is 17.3 Å². The monoisotopic (exact) mass is 341 g/mol. The maximum Gasteiger partial charge on any atom is 0.268 e. The molecule has 24 heavy (non-hydrogen) atoms. The van der Waals surface area contributed by atoms with Gasteiger partial charge < -0.3 is 14.8 Å². The van der Waals surface area contributed by atoms with Gasteiger partial charge in [0.25, 0.3) is 5.91 Å². The normalized spacial score (nSPS) is 11.2. The zero-order valence-electron chi connectivity index (χ0n) is 13.8. The molecule has 3 aromatic rings. The van der Waals surface area contributed by atoms with Crippen LogP contribution in [0, 0.1) is 0 Å². The maximum absolute atomic E-state index is 12.7. The van der Waals surface area contributed by atoms with Gasteiger partial charge in [0.1, 0.15) is 5.69 Å². The van der Waals surface area contributed by atoms with Crippen molar-refractivity contribution in [2.75, 3.05) is 27.2 Å². The number of aromatic nitrogens is 1. The Morgan fingerprint density at radius 1 is 1.12 bits per heavy atom. The molecule has 0 saturated heterocycles. The Hall–Kier alpha value is -2.30. The summed E-state index contributed by atoms with van der Waals surface area (Å²) < 4.78 is 1.95. The minimum Gasteiger partial charge on any atom is -0.349 e.